The first-order valence-corrected chi connectivity index (χ1v) is 10.3. The second-order valence-corrected chi connectivity index (χ2v) is 7.57. The van der Waals surface area contributed by atoms with E-state index < -0.39 is 43.4 Å². The summed E-state index contributed by atoms with van der Waals surface area (Å²) in [6.07, 6.45) is -6.85. The molecule has 0 aromatic heterocycles. The van der Waals surface area contributed by atoms with Gasteiger partial charge in [0, 0.05) is 31.0 Å². The fourth-order valence-corrected chi connectivity index (χ4v) is 3.43. The molecular weight excluding hydrogens is 457 g/mol. The number of hydrogen-bond acceptors (Lipinski definition) is 5. The van der Waals surface area contributed by atoms with E-state index >= 15 is 0 Å². The van der Waals surface area contributed by atoms with E-state index in [1.54, 1.807) is 24.3 Å². The Morgan fingerprint density at radius 2 is 1.68 bits per heavy atom. The summed E-state index contributed by atoms with van der Waals surface area (Å²) in [7, 11) is 0. The van der Waals surface area contributed by atoms with Crippen molar-refractivity contribution in [1.82, 2.24) is 9.80 Å². The van der Waals surface area contributed by atoms with Crippen molar-refractivity contribution in [1.29, 1.82) is 0 Å². The number of rotatable bonds is 6. The number of nitrogens with zero attached hydrogens (tertiary/aromatic N) is 2. The Bertz CT molecular complexity index is 1020. The third kappa shape index (κ3) is 7.10. The van der Waals surface area contributed by atoms with Crippen molar-refractivity contribution in [3.63, 3.8) is 0 Å². The van der Waals surface area contributed by atoms with Crippen LogP contribution >= 0.6 is 0 Å². The Balaban J connectivity index is 1.55. The third-order valence-corrected chi connectivity index (χ3v) is 5.09. The molecule has 9 nitrogen and oxygen atoms in total. The molecule has 2 aromatic carbocycles. The summed E-state index contributed by atoms with van der Waals surface area (Å²) in [6.45, 7) is -1.65. The second-order valence-electron chi connectivity index (χ2n) is 7.57. The average Bonchev–Trinajstić information content (AvgIpc) is 2.78. The van der Waals surface area contributed by atoms with Crippen LogP contribution in [0.3, 0.4) is 0 Å². The average molecular weight is 480 g/mol. The molecule has 1 atom stereocenters. The minimum Gasteiger partial charge on any atom is -0.465 e. The van der Waals surface area contributed by atoms with Crippen LogP contribution in [0, 0.1) is 0 Å². The van der Waals surface area contributed by atoms with Gasteiger partial charge >= 0.3 is 18.4 Å². The van der Waals surface area contributed by atoms with Gasteiger partial charge in [-0.3, -0.25) is 15.0 Å². The molecule has 12 heteroatoms. The molecule has 2 aromatic rings. The highest BCUT2D eigenvalue weighted by atomic mass is 19.4. The molecule has 3 N–H and O–H groups in total. The van der Waals surface area contributed by atoms with Crippen molar-refractivity contribution in [2.24, 2.45) is 0 Å². The Labute approximate surface area is 193 Å². The molecule has 3 amide bonds. The minimum atomic E-state index is -4.70. The highest BCUT2D eigenvalue weighted by Crippen LogP contribution is 2.28. The van der Waals surface area contributed by atoms with Crippen molar-refractivity contribution in [3.8, 4) is 0 Å². The largest absolute Gasteiger partial charge is 0.465 e. The van der Waals surface area contributed by atoms with Gasteiger partial charge in [0.25, 0.3) is 0 Å². The van der Waals surface area contributed by atoms with Gasteiger partial charge in [-0.1, -0.05) is 36.4 Å². The lowest BCUT2D eigenvalue weighted by Gasteiger charge is -2.40. The SMILES string of the molecule is O=C(CN1CCN(C(=O)O)C[C@H]1C(F)(F)F)Nc1cccc(NC(=O)OCc2ccccc2)c1. The van der Waals surface area contributed by atoms with Gasteiger partial charge < -0.3 is 20.1 Å². The topological polar surface area (TPSA) is 111 Å². The molecule has 182 valence electrons. The van der Waals surface area contributed by atoms with E-state index in [1.807, 2.05) is 18.2 Å². The van der Waals surface area contributed by atoms with Crippen LogP contribution in [0.25, 0.3) is 0 Å². The number of amides is 3. The lowest BCUT2D eigenvalue weighted by atomic mass is 10.1. The molecule has 0 unspecified atom stereocenters. The summed E-state index contributed by atoms with van der Waals surface area (Å²) >= 11 is 0. The number of halogens is 3. The number of carboxylic acid groups (broad SMARTS) is 1. The lowest BCUT2D eigenvalue weighted by molar-refractivity contribution is -0.194. The molecule has 0 spiro atoms. The van der Waals surface area contributed by atoms with Gasteiger partial charge in [0.05, 0.1) is 6.54 Å². The predicted octanol–water partition coefficient (Wildman–Crippen LogP) is 3.60. The van der Waals surface area contributed by atoms with Crippen molar-refractivity contribution in [2.75, 3.05) is 36.8 Å². The maximum Gasteiger partial charge on any atom is 0.411 e. The number of alkyl halides is 3. The van der Waals surface area contributed by atoms with Gasteiger partial charge in [0.1, 0.15) is 12.6 Å². The smallest absolute Gasteiger partial charge is 0.411 e. The molecule has 1 heterocycles. The number of carbonyl (C=O) groups is 3. The summed E-state index contributed by atoms with van der Waals surface area (Å²) in [5.41, 5.74) is 1.39. The van der Waals surface area contributed by atoms with Crippen LogP contribution in [0.5, 0.6) is 0 Å². The lowest BCUT2D eigenvalue weighted by Crippen LogP contribution is -2.61. The highest BCUT2D eigenvalue weighted by Gasteiger charge is 2.47. The van der Waals surface area contributed by atoms with Gasteiger partial charge in [-0.05, 0) is 23.8 Å². The van der Waals surface area contributed by atoms with Crippen LogP contribution in [0.4, 0.5) is 34.1 Å². The van der Waals surface area contributed by atoms with Crippen molar-refractivity contribution in [3.05, 3.63) is 60.2 Å². The Hall–Kier alpha value is -3.80. The first-order chi connectivity index (χ1) is 16.1. The summed E-state index contributed by atoms with van der Waals surface area (Å²) in [5.74, 6) is -0.707. The molecular formula is C22H23F3N4O5. The zero-order valence-electron chi connectivity index (χ0n) is 17.9. The Kier molecular flexibility index (Phi) is 7.95. The molecule has 0 bridgehead atoms. The minimum absolute atomic E-state index is 0.0681. The summed E-state index contributed by atoms with van der Waals surface area (Å²) in [5, 5.41) is 14.0. The molecule has 1 fully saturated rings. The van der Waals surface area contributed by atoms with Crippen LogP contribution < -0.4 is 10.6 Å². The zero-order chi connectivity index (χ0) is 24.7. The van der Waals surface area contributed by atoms with E-state index in [0.717, 1.165) is 10.5 Å². The van der Waals surface area contributed by atoms with Crippen LogP contribution in [0.1, 0.15) is 5.56 Å². The van der Waals surface area contributed by atoms with E-state index in [-0.39, 0.29) is 25.4 Å². The number of anilines is 2. The van der Waals surface area contributed by atoms with E-state index in [1.165, 1.54) is 12.1 Å². The van der Waals surface area contributed by atoms with Gasteiger partial charge in [-0.25, -0.2) is 9.59 Å². The van der Waals surface area contributed by atoms with Gasteiger partial charge in [0.2, 0.25) is 5.91 Å². The van der Waals surface area contributed by atoms with Crippen molar-refractivity contribution >= 4 is 29.5 Å². The summed E-state index contributed by atoms with van der Waals surface area (Å²) in [4.78, 5) is 37.0. The molecule has 0 saturated carbocycles. The first-order valence-electron chi connectivity index (χ1n) is 10.3. The highest BCUT2D eigenvalue weighted by molar-refractivity contribution is 5.93. The van der Waals surface area contributed by atoms with Crippen LogP contribution in [0.15, 0.2) is 54.6 Å². The number of ether oxygens (including phenoxy) is 1. The quantitative estimate of drug-likeness (QED) is 0.583. The van der Waals surface area contributed by atoms with E-state index in [0.29, 0.717) is 10.6 Å². The third-order valence-electron chi connectivity index (χ3n) is 5.09. The fourth-order valence-electron chi connectivity index (χ4n) is 3.43. The Morgan fingerprint density at radius 3 is 2.32 bits per heavy atom. The normalized spacial score (nSPS) is 16.6. The van der Waals surface area contributed by atoms with E-state index in [4.69, 9.17) is 9.84 Å². The van der Waals surface area contributed by atoms with Crippen LogP contribution in [-0.2, 0) is 16.1 Å². The van der Waals surface area contributed by atoms with E-state index in [9.17, 15) is 27.6 Å². The predicted molar refractivity (Wildman–Crippen MR) is 116 cm³/mol. The van der Waals surface area contributed by atoms with Crippen LogP contribution in [0.2, 0.25) is 0 Å². The monoisotopic (exact) mass is 480 g/mol. The van der Waals surface area contributed by atoms with Crippen molar-refractivity contribution < 1.29 is 37.4 Å². The molecule has 1 aliphatic rings. The molecule has 0 radical (unpaired) electrons. The summed E-state index contributed by atoms with van der Waals surface area (Å²) in [6, 6.07) is 13.0. The zero-order valence-corrected chi connectivity index (χ0v) is 17.9. The van der Waals surface area contributed by atoms with Gasteiger partial charge in [-0.15, -0.1) is 0 Å². The molecule has 0 aliphatic carbocycles. The first kappa shape index (κ1) is 24.8. The maximum absolute atomic E-state index is 13.4. The van der Waals surface area contributed by atoms with Crippen molar-refractivity contribution in [2.45, 2.75) is 18.8 Å². The number of piperazine rings is 1. The van der Waals surface area contributed by atoms with E-state index in [2.05, 4.69) is 10.6 Å². The van der Waals surface area contributed by atoms with Crippen LogP contribution in [-0.4, -0.2) is 71.4 Å². The Morgan fingerprint density at radius 1 is 1.00 bits per heavy atom. The number of hydrogen-bond donors (Lipinski definition) is 3. The molecule has 34 heavy (non-hydrogen) atoms. The molecule has 3 rings (SSSR count). The summed E-state index contributed by atoms with van der Waals surface area (Å²) < 4.78 is 45.3. The second kappa shape index (κ2) is 10.9. The maximum atomic E-state index is 13.4. The fraction of sp³-hybridized carbons (Fsp3) is 0.318. The van der Waals surface area contributed by atoms with Gasteiger partial charge in [0.15, 0.2) is 0 Å². The molecule has 1 saturated heterocycles. The molecule has 1 aliphatic heterocycles. The standard InChI is InChI=1S/C22H23F3N4O5/c23-22(24,25)18-12-29(21(32)33)10-9-28(18)13-19(30)26-16-7-4-8-17(11-16)27-20(31)34-14-15-5-2-1-3-6-15/h1-8,11,18H,9-10,12-14H2,(H,26,30)(H,27,31)(H,32,33)/t18-/m0/s1. The number of nitrogens with one attached hydrogen (secondary N) is 2. The number of benzene rings is 2. The van der Waals surface area contributed by atoms with Gasteiger partial charge in [-0.2, -0.15) is 13.2 Å². The number of carbonyl (C=O) groups excluding carboxylic acids is 2.